The predicted molar refractivity (Wildman–Crippen MR) is 155 cm³/mol. The van der Waals surface area contributed by atoms with Crippen molar-refractivity contribution >= 4 is 29.0 Å². The monoisotopic (exact) mass is 577 g/mol. The van der Waals surface area contributed by atoms with Crippen LogP contribution in [0.25, 0.3) is 0 Å². The lowest BCUT2D eigenvalue weighted by Gasteiger charge is -2.22. The molecule has 3 amide bonds. The number of hydrogen-bond acceptors (Lipinski definition) is 8. The molecule has 5 rings (SSSR count). The number of imidazole rings is 1. The standard InChI is InChI=1S/C28H35N9O3S/c38-27(30-18-24-20-37(33-32-24)14-16-40-15-13-35-10-7-29-22-35)25-4-1-2-5-26(25)31-28(39)36-9-3-8-34(11-12-36)19-23-6-17-41-21-23/h1-2,4-7,10,17,20-22H,3,8-9,11-16,18-19H2,(H,30,38)(H,31,39). The molecule has 13 heteroatoms. The maximum Gasteiger partial charge on any atom is 0.321 e. The van der Waals surface area contributed by atoms with Crippen molar-refractivity contribution in [1.82, 2.24) is 39.7 Å². The summed E-state index contributed by atoms with van der Waals surface area (Å²) < 4.78 is 9.30. The Morgan fingerprint density at radius 1 is 1.05 bits per heavy atom. The van der Waals surface area contributed by atoms with E-state index >= 15 is 0 Å². The zero-order chi connectivity index (χ0) is 28.3. The van der Waals surface area contributed by atoms with Crippen molar-refractivity contribution in [2.75, 3.05) is 44.7 Å². The summed E-state index contributed by atoms with van der Waals surface area (Å²) in [6.07, 6.45) is 8.07. The highest BCUT2D eigenvalue weighted by molar-refractivity contribution is 7.07. The number of para-hydroxylation sites is 1. The third kappa shape index (κ3) is 8.46. The number of aromatic nitrogens is 5. The van der Waals surface area contributed by atoms with Crippen LogP contribution in [0.4, 0.5) is 10.5 Å². The molecule has 0 saturated carbocycles. The molecule has 2 N–H and O–H groups in total. The van der Waals surface area contributed by atoms with E-state index in [0.29, 0.717) is 49.8 Å². The Balaban J connectivity index is 1.06. The van der Waals surface area contributed by atoms with Crippen LogP contribution in [0, 0.1) is 0 Å². The van der Waals surface area contributed by atoms with Crippen LogP contribution in [0.15, 0.2) is 66.0 Å². The molecule has 12 nitrogen and oxygen atoms in total. The highest BCUT2D eigenvalue weighted by Crippen LogP contribution is 2.17. The average Bonchev–Trinajstić information content (AvgIpc) is 3.75. The van der Waals surface area contributed by atoms with Gasteiger partial charge in [0.1, 0.15) is 5.69 Å². The van der Waals surface area contributed by atoms with Crippen molar-refractivity contribution in [2.45, 2.75) is 32.6 Å². The van der Waals surface area contributed by atoms with E-state index < -0.39 is 0 Å². The van der Waals surface area contributed by atoms with Crippen LogP contribution in [0.3, 0.4) is 0 Å². The first-order valence-corrected chi connectivity index (χ1v) is 14.7. The maximum atomic E-state index is 13.1. The van der Waals surface area contributed by atoms with Gasteiger partial charge in [0.2, 0.25) is 0 Å². The number of ether oxygens (including phenoxy) is 1. The van der Waals surface area contributed by atoms with Gasteiger partial charge >= 0.3 is 6.03 Å². The molecule has 4 aromatic rings. The molecule has 1 aliphatic heterocycles. The second-order valence-corrected chi connectivity index (χ2v) is 10.6. The number of nitrogens with zero attached hydrogens (tertiary/aromatic N) is 7. The zero-order valence-electron chi connectivity index (χ0n) is 22.9. The van der Waals surface area contributed by atoms with Gasteiger partial charge in [-0.2, -0.15) is 11.3 Å². The summed E-state index contributed by atoms with van der Waals surface area (Å²) in [4.78, 5) is 34.4. The lowest BCUT2D eigenvalue weighted by Crippen LogP contribution is -2.38. The van der Waals surface area contributed by atoms with Gasteiger partial charge in [-0.25, -0.2) is 14.5 Å². The minimum Gasteiger partial charge on any atom is -0.378 e. The number of carbonyl (C=O) groups excluding carboxylic acids is 2. The fraction of sp³-hybridized carbons (Fsp3) is 0.393. The van der Waals surface area contributed by atoms with E-state index in [0.717, 1.165) is 32.6 Å². The number of amides is 3. The SMILES string of the molecule is O=C(NCc1cn(CCOCCn2ccnc2)nn1)c1ccccc1NC(=O)N1CCCN(Cc2ccsc2)CC1. The topological polar surface area (TPSA) is 122 Å². The van der Waals surface area contributed by atoms with Crippen molar-refractivity contribution in [3.63, 3.8) is 0 Å². The number of rotatable bonds is 12. The molecule has 1 aliphatic rings. The molecule has 41 heavy (non-hydrogen) atoms. The summed E-state index contributed by atoms with van der Waals surface area (Å²) >= 11 is 1.70. The van der Waals surface area contributed by atoms with Crippen molar-refractivity contribution < 1.29 is 14.3 Å². The first-order valence-electron chi connectivity index (χ1n) is 13.7. The van der Waals surface area contributed by atoms with E-state index in [2.05, 4.69) is 47.7 Å². The van der Waals surface area contributed by atoms with Gasteiger partial charge in [-0.3, -0.25) is 9.69 Å². The molecule has 0 spiro atoms. The van der Waals surface area contributed by atoms with Gasteiger partial charge in [0.15, 0.2) is 0 Å². The molecule has 216 valence electrons. The summed E-state index contributed by atoms with van der Waals surface area (Å²) in [6.45, 7) is 6.56. The molecule has 1 aromatic carbocycles. The van der Waals surface area contributed by atoms with E-state index in [-0.39, 0.29) is 18.5 Å². The highest BCUT2D eigenvalue weighted by Gasteiger charge is 2.21. The van der Waals surface area contributed by atoms with Crippen molar-refractivity contribution in [1.29, 1.82) is 0 Å². The lowest BCUT2D eigenvalue weighted by atomic mass is 10.1. The molecular weight excluding hydrogens is 542 g/mol. The quantitative estimate of drug-likeness (QED) is 0.248. The molecule has 3 aromatic heterocycles. The number of nitrogens with one attached hydrogen (secondary N) is 2. The van der Waals surface area contributed by atoms with Gasteiger partial charge < -0.3 is 24.8 Å². The fourth-order valence-corrected chi connectivity index (χ4v) is 5.26. The number of benzene rings is 1. The third-order valence-electron chi connectivity index (χ3n) is 6.81. The van der Waals surface area contributed by atoms with Crippen molar-refractivity contribution in [3.8, 4) is 0 Å². The van der Waals surface area contributed by atoms with Crippen molar-refractivity contribution in [3.05, 3.63) is 82.8 Å². The number of carbonyl (C=O) groups is 2. The number of urea groups is 1. The Morgan fingerprint density at radius 2 is 1.95 bits per heavy atom. The smallest absolute Gasteiger partial charge is 0.321 e. The van der Waals surface area contributed by atoms with Crippen LogP contribution in [0.2, 0.25) is 0 Å². The molecule has 4 heterocycles. The molecule has 0 bridgehead atoms. The molecule has 0 radical (unpaired) electrons. The van der Waals surface area contributed by atoms with Gasteiger partial charge in [-0.05, 0) is 40.9 Å². The predicted octanol–water partition coefficient (Wildman–Crippen LogP) is 2.92. The molecule has 0 unspecified atom stereocenters. The van der Waals surface area contributed by atoms with E-state index in [4.69, 9.17) is 4.74 Å². The van der Waals surface area contributed by atoms with E-state index in [1.807, 2.05) is 15.7 Å². The van der Waals surface area contributed by atoms with Crippen LogP contribution in [-0.4, -0.2) is 85.7 Å². The zero-order valence-corrected chi connectivity index (χ0v) is 23.7. The Morgan fingerprint density at radius 3 is 2.80 bits per heavy atom. The lowest BCUT2D eigenvalue weighted by molar-refractivity contribution is 0.0951. The third-order valence-corrected chi connectivity index (χ3v) is 7.54. The Kier molecular flexibility index (Phi) is 10.1. The van der Waals surface area contributed by atoms with Crippen LogP contribution in [-0.2, 0) is 30.9 Å². The summed E-state index contributed by atoms with van der Waals surface area (Å²) in [7, 11) is 0. The Bertz CT molecular complexity index is 1370. The van der Waals surface area contributed by atoms with Crippen LogP contribution in [0.1, 0.15) is 28.0 Å². The van der Waals surface area contributed by atoms with Gasteiger partial charge in [0.05, 0.1) is 50.1 Å². The van der Waals surface area contributed by atoms with Gasteiger partial charge in [0, 0.05) is 51.7 Å². The van der Waals surface area contributed by atoms with Gasteiger partial charge in [-0.15, -0.1) is 5.10 Å². The second kappa shape index (κ2) is 14.5. The fourth-order valence-electron chi connectivity index (χ4n) is 4.60. The minimum absolute atomic E-state index is 0.196. The molecule has 0 atom stereocenters. The summed E-state index contributed by atoms with van der Waals surface area (Å²) in [6, 6.07) is 8.98. The molecular formula is C28H35N9O3S. The molecule has 1 fully saturated rings. The number of thiophene rings is 1. The average molecular weight is 578 g/mol. The van der Waals surface area contributed by atoms with E-state index in [1.165, 1.54) is 5.56 Å². The summed E-state index contributed by atoms with van der Waals surface area (Å²) in [5.41, 5.74) is 2.82. The van der Waals surface area contributed by atoms with Gasteiger partial charge in [-0.1, -0.05) is 17.3 Å². The summed E-state index contributed by atoms with van der Waals surface area (Å²) in [5, 5.41) is 18.3. The van der Waals surface area contributed by atoms with Crippen LogP contribution in [0.5, 0.6) is 0 Å². The van der Waals surface area contributed by atoms with E-state index in [9.17, 15) is 9.59 Å². The summed E-state index contributed by atoms with van der Waals surface area (Å²) in [5.74, 6) is -0.295. The molecule has 0 aliphatic carbocycles. The number of anilines is 1. The number of hydrogen-bond donors (Lipinski definition) is 2. The highest BCUT2D eigenvalue weighted by atomic mass is 32.1. The van der Waals surface area contributed by atoms with E-state index in [1.54, 1.807) is 59.0 Å². The first-order chi connectivity index (χ1) is 20.1. The molecule has 1 saturated heterocycles. The second-order valence-electron chi connectivity index (χ2n) is 9.79. The largest absolute Gasteiger partial charge is 0.378 e. The first kappa shape index (κ1) is 28.5. The normalized spacial score (nSPS) is 14.1. The van der Waals surface area contributed by atoms with Crippen LogP contribution >= 0.6 is 11.3 Å². The Labute approximate surface area is 242 Å². The minimum atomic E-state index is -0.295. The maximum absolute atomic E-state index is 13.1. The van der Waals surface area contributed by atoms with Crippen LogP contribution < -0.4 is 10.6 Å². The Hall–Kier alpha value is -4.07. The van der Waals surface area contributed by atoms with Crippen molar-refractivity contribution in [2.24, 2.45) is 0 Å². The van der Waals surface area contributed by atoms with Gasteiger partial charge in [0.25, 0.3) is 5.91 Å².